The molecule has 2 N–H and O–H groups in total. The van der Waals surface area contributed by atoms with Crippen LogP contribution in [0.2, 0.25) is 0 Å². The SMILES string of the molecule is OC1(c2ccccc2N(c2ccccc2)c2ccccc2)c2cc(C(F)(F)F)ccc2-c2c1ccc1c2C(O)(c2ccccc2N(c2ccccc2)c2ccccc2)c2cc(C(F)(F)F)ccc2-1. The zero-order chi connectivity index (χ0) is 47.0. The molecule has 0 radical (unpaired) electrons. The average Bonchev–Trinajstić information content (AvgIpc) is 3.77. The molecule has 0 saturated carbocycles. The first-order valence-electron chi connectivity index (χ1n) is 21.9. The van der Waals surface area contributed by atoms with E-state index in [1.807, 2.05) is 131 Å². The second kappa shape index (κ2) is 15.9. The lowest BCUT2D eigenvalue weighted by Gasteiger charge is -2.36. The first kappa shape index (κ1) is 42.7. The summed E-state index contributed by atoms with van der Waals surface area (Å²) in [5.41, 5.74) is -1.56. The van der Waals surface area contributed by atoms with Gasteiger partial charge in [0.1, 0.15) is 11.2 Å². The van der Waals surface area contributed by atoms with Crippen LogP contribution < -0.4 is 9.80 Å². The number of benzene rings is 9. The highest BCUT2D eigenvalue weighted by Crippen LogP contribution is 2.63. The number of anilines is 6. The maximum atomic E-state index is 14.9. The fourth-order valence-electron chi connectivity index (χ4n) is 10.2. The summed E-state index contributed by atoms with van der Waals surface area (Å²) in [7, 11) is 0. The lowest BCUT2D eigenvalue weighted by molar-refractivity contribution is -0.138. The molecule has 0 saturated heterocycles. The largest absolute Gasteiger partial charge is 0.416 e. The summed E-state index contributed by atoms with van der Waals surface area (Å²) in [4.78, 5) is 3.81. The minimum absolute atomic E-state index is 0.0760. The lowest BCUT2D eigenvalue weighted by Crippen LogP contribution is -2.31. The van der Waals surface area contributed by atoms with E-state index in [0.717, 1.165) is 24.3 Å². The molecule has 0 fully saturated rings. The molecule has 2 aliphatic rings. The predicted molar refractivity (Wildman–Crippen MR) is 254 cm³/mol. The van der Waals surface area contributed by atoms with Gasteiger partial charge in [-0.1, -0.05) is 133 Å². The highest BCUT2D eigenvalue weighted by Gasteiger charge is 2.54. The van der Waals surface area contributed by atoms with Gasteiger partial charge in [-0.2, -0.15) is 26.3 Å². The number of halogens is 6. The van der Waals surface area contributed by atoms with E-state index in [9.17, 15) is 36.6 Å². The zero-order valence-electron chi connectivity index (χ0n) is 35.8. The number of rotatable bonds is 8. The Kier molecular flexibility index (Phi) is 9.96. The number of alkyl halides is 6. The number of fused-ring (bicyclic) bond motifs is 7. The Morgan fingerprint density at radius 1 is 0.324 bits per heavy atom. The van der Waals surface area contributed by atoms with E-state index < -0.39 is 34.7 Å². The molecule has 10 heteroatoms. The van der Waals surface area contributed by atoms with Gasteiger partial charge >= 0.3 is 12.4 Å². The van der Waals surface area contributed by atoms with Crippen molar-refractivity contribution >= 4 is 34.1 Å². The molecule has 0 aliphatic heterocycles. The first-order chi connectivity index (χ1) is 32.8. The predicted octanol–water partition coefficient (Wildman–Crippen LogP) is 15.2. The van der Waals surface area contributed by atoms with Crippen LogP contribution in [0.4, 0.5) is 60.5 Å². The van der Waals surface area contributed by atoms with Gasteiger partial charge in [-0.15, -0.1) is 0 Å². The maximum Gasteiger partial charge on any atom is 0.416 e. The van der Waals surface area contributed by atoms with Crippen LogP contribution in [-0.2, 0) is 23.6 Å². The Bertz CT molecular complexity index is 3280. The highest BCUT2D eigenvalue weighted by atomic mass is 19.4. The van der Waals surface area contributed by atoms with E-state index in [2.05, 4.69) is 0 Å². The topological polar surface area (TPSA) is 46.9 Å². The standard InChI is InChI=1S/C58H38F6N2O2/c59-57(60,61)37-29-31-43-44-33-34-48-53(54(44)56(68,49(43)35-37)47-26-14-16-28-52(47)66(41-21-9-3-10-22-41)42-23-11-4-12-24-42)45-32-30-38(58(62,63)64)36-50(45)55(48,67)46-25-13-15-27-51(46)65(39-17-5-1-6-18-39)40-19-7-2-8-20-40/h1-36,67-68H. The van der Waals surface area contributed by atoms with E-state index in [1.165, 1.54) is 12.1 Å². The molecule has 9 aromatic carbocycles. The van der Waals surface area contributed by atoms with Crippen molar-refractivity contribution in [2.24, 2.45) is 0 Å². The molecule has 0 amide bonds. The summed E-state index contributed by atoms with van der Waals surface area (Å²) >= 11 is 0. The normalized spacial score (nSPS) is 16.9. The van der Waals surface area contributed by atoms with Crippen molar-refractivity contribution in [2.75, 3.05) is 9.80 Å². The van der Waals surface area contributed by atoms with Crippen LogP contribution in [-0.4, -0.2) is 10.2 Å². The van der Waals surface area contributed by atoms with Gasteiger partial charge in [-0.05, 0) is 107 Å². The third-order valence-corrected chi connectivity index (χ3v) is 13.1. The Labute approximate surface area is 387 Å². The third kappa shape index (κ3) is 6.62. The molecule has 4 nitrogen and oxygen atoms in total. The fourth-order valence-corrected chi connectivity index (χ4v) is 10.2. The number of para-hydroxylation sites is 6. The minimum Gasteiger partial charge on any atom is -0.376 e. The number of hydrogen-bond acceptors (Lipinski definition) is 4. The van der Waals surface area contributed by atoms with Gasteiger partial charge < -0.3 is 20.0 Å². The molecule has 334 valence electrons. The molecular formula is C58H38F6N2O2. The summed E-state index contributed by atoms with van der Waals surface area (Å²) < 4.78 is 89.4. The Balaban J connectivity index is 1.24. The molecule has 0 spiro atoms. The van der Waals surface area contributed by atoms with Gasteiger partial charge in [-0.25, -0.2) is 0 Å². The van der Waals surface area contributed by atoms with E-state index in [-0.39, 0.29) is 44.5 Å². The van der Waals surface area contributed by atoms with Crippen molar-refractivity contribution < 1.29 is 36.6 Å². The van der Waals surface area contributed by atoms with Crippen LogP contribution in [0.25, 0.3) is 22.3 Å². The molecule has 0 heterocycles. The Hall–Kier alpha value is -7.92. The fraction of sp³-hybridized carbons (Fsp3) is 0.0690. The van der Waals surface area contributed by atoms with Crippen LogP contribution in [0.15, 0.2) is 218 Å². The van der Waals surface area contributed by atoms with Crippen molar-refractivity contribution in [3.63, 3.8) is 0 Å². The highest BCUT2D eigenvalue weighted by molar-refractivity contribution is 5.97. The van der Waals surface area contributed by atoms with Crippen LogP contribution in [0.5, 0.6) is 0 Å². The quantitative estimate of drug-likeness (QED) is 0.149. The Morgan fingerprint density at radius 2 is 0.676 bits per heavy atom. The van der Waals surface area contributed by atoms with Crippen molar-refractivity contribution in [2.45, 2.75) is 23.6 Å². The molecule has 68 heavy (non-hydrogen) atoms. The van der Waals surface area contributed by atoms with E-state index in [0.29, 0.717) is 45.3 Å². The summed E-state index contributed by atoms with van der Waals surface area (Å²) in [6.07, 6.45) is -9.63. The molecule has 2 aliphatic carbocycles. The van der Waals surface area contributed by atoms with Crippen LogP contribution in [0.1, 0.15) is 44.5 Å². The zero-order valence-corrected chi connectivity index (χ0v) is 35.8. The first-order valence-corrected chi connectivity index (χ1v) is 21.9. The van der Waals surface area contributed by atoms with Gasteiger partial charge in [0.2, 0.25) is 0 Å². The van der Waals surface area contributed by atoms with Crippen molar-refractivity contribution in [1.29, 1.82) is 0 Å². The van der Waals surface area contributed by atoms with E-state index in [1.54, 1.807) is 60.7 Å². The molecule has 11 rings (SSSR count). The summed E-state index contributed by atoms with van der Waals surface area (Å²) in [6, 6.07) is 60.9. The molecule has 2 atom stereocenters. The average molecular weight is 909 g/mol. The lowest BCUT2D eigenvalue weighted by atomic mass is 9.78. The van der Waals surface area contributed by atoms with Crippen LogP contribution >= 0.6 is 0 Å². The van der Waals surface area contributed by atoms with Gasteiger partial charge in [0, 0.05) is 56.1 Å². The molecule has 9 aromatic rings. The molecule has 2 unspecified atom stereocenters. The maximum absolute atomic E-state index is 14.9. The molecular weight excluding hydrogens is 871 g/mol. The summed E-state index contributed by atoms with van der Waals surface area (Å²) in [5, 5.41) is 28.1. The minimum atomic E-state index is -4.82. The number of nitrogens with zero attached hydrogens (tertiary/aromatic N) is 2. The molecule has 0 bridgehead atoms. The van der Waals surface area contributed by atoms with Crippen molar-refractivity contribution in [1.82, 2.24) is 0 Å². The molecule has 0 aromatic heterocycles. The van der Waals surface area contributed by atoms with Crippen LogP contribution in [0, 0.1) is 0 Å². The van der Waals surface area contributed by atoms with E-state index >= 15 is 0 Å². The van der Waals surface area contributed by atoms with Gasteiger partial charge in [0.05, 0.1) is 22.5 Å². The van der Waals surface area contributed by atoms with E-state index in [4.69, 9.17) is 0 Å². The summed E-state index contributed by atoms with van der Waals surface area (Å²) in [6.45, 7) is 0. The Morgan fingerprint density at radius 3 is 1.10 bits per heavy atom. The van der Waals surface area contributed by atoms with Gasteiger partial charge in [-0.3, -0.25) is 0 Å². The number of aliphatic hydroxyl groups is 2. The summed E-state index contributed by atoms with van der Waals surface area (Å²) in [5.74, 6) is 0. The smallest absolute Gasteiger partial charge is 0.376 e. The van der Waals surface area contributed by atoms with Crippen molar-refractivity contribution in [3.05, 3.63) is 263 Å². The van der Waals surface area contributed by atoms with Crippen LogP contribution in [0.3, 0.4) is 0 Å². The van der Waals surface area contributed by atoms with Crippen molar-refractivity contribution in [3.8, 4) is 22.3 Å². The van der Waals surface area contributed by atoms with Gasteiger partial charge in [0.25, 0.3) is 0 Å². The second-order valence-electron chi connectivity index (χ2n) is 16.9. The third-order valence-electron chi connectivity index (χ3n) is 13.1. The number of hydrogen-bond donors (Lipinski definition) is 2. The van der Waals surface area contributed by atoms with Gasteiger partial charge in [0.15, 0.2) is 0 Å². The second-order valence-corrected chi connectivity index (χ2v) is 16.9. The monoisotopic (exact) mass is 908 g/mol.